The molecule has 0 atom stereocenters. The summed E-state index contributed by atoms with van der Waals surface area (Å²) in [6, 6.07) is 17.3. The van der Waals surface area contributed by atoms with Crippen LogP contribution in [0.4, 0.5) is 0 Å². The van der Waals surface area contributed by atoms with Crippen molar-refractivity contribution in [3.63, 3.8) is 0 Å². The first-order chi connectivity index (χ1) is 14.0. The van der Waals surface area contributed by atoms with Gasteiger partial charge in [0.1, 0.15) is 5.69 Å². The Bertz CT molecular complexity index is 1050. The molecule has 4 nitrogen and oxygen atoms in total. The van der Waals surface area contributed by atoms with Crippen LogP contribution in [0.5, 0.6) is 0 Å². The molecule has 5 heteroatoms. The van der Waals surface area contributed by atoms with E-state index in [0.29, 0.717) is 10.4 Å². The molecule has 150 valence electrons. The van der Waals surface area contributed by atoms with Gasteiger partial charge in [0.2, 0.25) is 0 Å². The van der Waals surface area contributed by atoms with Gasteiger partial charge in [0, 0.05) is 10.3 Å². The van der Waals surface area contributed by atoms with Crippen LogP contribution in [0.25, 0.3) is 10.9 Å². The second-order valence-corrected chi connectivity index (χ2v) is 7.84. The molecule has 0 fully saturated rings. The quantitative estimate of drug-likeness (QED) is 0.264. The summed E-state index contributed by atoms with van der Waals surface area (Å²) >= 11 is 1.42. The van der Waals surface area contributed by atoms with E-state index in [1.54, 1.807) is 13.0 Å². The summed E-state index contributed by atoms with van der Waals surface area (Å²) in [5.74, 6) is -0.708. The molecule has 29 heavy (non-hydrogen) atoms. The number of ether oxygens (including phenoxy) is 1. The third-order valence-corrected chi connectivity index (χ3v) is 5.55. The maximum Gasteiger partial charge on any atom is 0.355 e. The lowest BCUT2D eigenvalue weighted by Crippen LogP contribution is -2.19. The molecule has 0 saturated heterocycles. The van der Waals surface area contributed by atoms with E-state index in [1.807, 2.05) is 61.5 Å². The second kappa shape index (κ2) is 9.61. The Morgan fingerprint density at radius 2 is 1.79 bits per heavy atom. The fourth-order valence-corrected chi connectivity index (χ4v) is 3.93. The average Bonchev–Trinajstić information content (AvgIpc) is 3.12. The molecule has 0 saturated carbocycles. The predicted molar refractivity (Wildman–Crippen MR) is 119 cm³/mol. The number of carbonyl (C=O) groups excluding carboxylic acids is 2. The van der Waals surface area contributed by atoms with Crippen LogP contribution in [0, 0.1) is 6.92 Å². The molecule has 0 unspecified atom stereocenters. The highest BCUT2D eigenvalue weighted by Gasteiger charge is 2.24. The van der Waals surface area contributed by atoms with Crippen molar-refractivity contribution in [1.29, 1.82) is 0 Å². The van der Waals surface area contributed by atoms with Crippen LogP contribution in [-0.2, 0) is 4.74 Å². The number of rotatable bonds is 7. The number of hydrogen-bond acceptors (Lipinski definition) is 4. The smallest absolute Gasteiger partial charge is 0.355 e. The Morgan fingerprint density at radius 1 is 1.07 bits per heavy atom. The average molecular weight is 408 g/mol. The van der Waals surface area contributed by atoms with E-state index in [1.165, 1.54) is 21.9 Å². The van der Waals surface area contributed by atoms with Gasteiger partial charge in [-0.15, -0.1) is 0 Å². The highest BCUT2D eigenvalue weighted by atomic mass is 32.2. The van der Waals surface area contributed by atoms with Crippen LogP contribution in [0.3, 0.4) is 0 Å². The zero-order valence-electron chi connectivity index (χ0n) is 17.0. The van der Waals surface area contributed by atoms with E-state index in [0.717, 1.165) is 23.1 Å². The number of hydrogen-bond donors (Lipinski definition) is 0. The van der Waals surface area contributed by atoms with Crippen molar-refractivity contribution in [2.24, 2.45) is 0 Å². The van der Waals surface area contributed by atoms with Crippen LogP contribution < -0.4 is 0 Å². The number of unbranched alkanes of at least 4 members (excludes halogenated alkanes) is 1. The molecule has 2 aromatic carbocycles. The van der Waals surface area contributed by atoms with Gasteiger partial charge >= 0.3 is 5.97 Å². The predicted octanol–water partition coefficient (Wildman–Crippen LogP) is 6.24. The Kier molecular flexibility index (Phi) is 6.94. The Morgan fingerprint density at radius 3 is 2.48 bits per heavy atom. The minimum absolute atomic E-state index is 0.215. The first kappa shape index (κ1) is 20.9. The van der Waals surface area contributed by atoms with E-state index < -0.39 is 5.97 Å². The van der Waals surface area contributed by atoms with E-state index in [9.17, 15) is 9.59 Å². The molecule has 0 aliphatic heterocycles. The summed E-state index contributed by atoms with van der Waals surface area (Å²) in [6.45, 7) is 6.12. The first-order valence-electron chi connectivity index (χ1n) is 9.82. The molecule has 1 aromatic heterocycles. The lowest BCUT2D eigenvalue weighted by molar-refractivity contribution is 0.0511. The van der Waals surface area contributed by atoms with Crippen molar-refractivity contribution in [2.75, 3.05) is 6.61 Å². The first-order valence-corrected chi connectivity index (χ1v) is 10.6. The monoisotopic (exact) mass is 407 g/mol. The van der Waals surface area contributed by atoms with Crippen LogP contribution in [-0.4, -0.2) is 23.1 Å². The van der Waals surface area contributed by atoms with E-state index >= 15 is 0 Å². The molecule has 1 heterocycles. The number of benzene rings is 2. The number of allylic oxidation sites excluding steroid dienone is 2. The van der Waals surface area contributed by atoms with Crippen molar-refractivity contribution >= 4 is 34.5 Å². The molecular weight excluding hydrogens is 382 g/mol. The highest BCUT2D eigenvalue weighted by molar-refractivity contribution is 8.04. The summed E-state index contributed by atoms with van der Waals surface area (Å²) in [4.78, 5) is 27.7. The molecule has 0 aliphatic rings. The third kappa shape index (κ3) is 4.80. The van der Waals surface area contributed by atoms with Crippen LogP contribution >= 0.6 is 11.8 Å². The van der Waals surface area contributed by atoms with Crippen LogP contribution in [0.2, 0.25) is 0 Å². The second-order valence-electron chi connectivity index (χ2n) is 6.72. The minimum atomic E-state index is -0.493. The number of para-hydroxylation sites is 1. The fourth-order valence-electron chi connectivity index (χ4n) is 3.02. The summed E-state index contributed by atoms with van der Waals surface area (Å²) in [7, 11) is 0. The van der Waals surface area contributed by atoms with Gasteiger partial charge in [-0.1, -0.05) is 67.1 Å². The summed E-state index contributed by atoms with van der Waals surface area (Å²) in [6.07, 6.45) is 3.67. The third-order valence-electron chi connectivity index (χ3n) is 4.48. The maximum absolute atomic E-state index is 13.6. The standard InChI is InChI=1S/C24H25NO3S/c1-4-6-11-22(29-19-14-12-17(3)13-15-19)23(26)25-20-10-8-7-9-18(20)16-21(25)24(27)28-5-2/h7-16H,4-6H2,1-3H3/b22-11+. The molecule has 0 N–H and O–H groups in total. The van der Waals surface area contributed by atoms with Crippen molar-refractivity contribution in [3.8, 4) is 0 Å². The number of aromatic nitrogens is 1. The molecular formula is C24H25NO3S. The number of esters is 1. The summed E-state index contributed by atoms with van der Waals surface area (Å²) in [5, 5.41) is 0.832. The zero-order chi connectivity index (χ0) is 20.8. The van der Waals surface area contributed by atoms with Gasteiger partial charge in [-0.25, -0.2) is 4.79 Å². The fraction of sp³-hybridized carbons (Fsp3) is 0.250. The van der Waals surface area contributed by atoms with Crippen molar-refractivity contribution < 1.29 is 14.3 Å². The number of carbonyl (C=O) groups is 2. The Labute approximate surface area is 175 Å². The topological polar surface area (TPSA) is 48.3 Å². The molecule has 0 amide bonds. The highest BCUT2D eigenvalue weighted by Crippen LogP contribution is 2.31. The van der Waals surface area contributed by atoms with Crippen molar-refractivity contribution in [2.45, 2.75) is 38.5 Å². The normalized spacial score (nSPS) is 11.6. The minimum Gasteiger partial charge on any atom is -0.461 e. The lowest BCUT2D eigenvalue weighted by Gasteiger charge is -2.12. The van der Waals surface area contributed by atoms with Gasteiger partial charge in [0.15, 0.2) is 0 Å². The number of aryl methyl sites for hydroxylation is 1. The maximum atomic E-state index is 13.6. The van der Waals surface area contributed by atoms with Gasteiger partial charge in [0.05, 0.1) is 17.0 Å². The number of nitrogens with zero attached hydrogens (tertiary/aromatic N) is 1. The van der Waals surface area contributed by atoms with Gasteiger partial charge in [-0.05, 0) is 44.5 Å². The van der Waals surface area contributed by atoms with Gasteiger partial charge in [-0.3, -0.25) is 9.36 Å². The van der Waals surface area contributed by atoms with Crippen molar-refractivity contribution in [1.82, 2.24) is 4.57 Å². The van der Waals surface area contributed by atoms with E-state index in [4.69, 9.17) is 4.74 Å². The molecule has 0 radical (unpaired) electrons. The molecule has 3 aromatic rings. The number of fused-ring (bicyclic) bond motifs is 1. The number of thioether (sulfide) groups is 1. The Hall–Kier alpha value is -2.79. The molecule has 0 bridgehead atoms. The van der Waals surface area contributed by atoms with Gasteiger partial charge in [0.25, 0.3) is 5.91 Å². The van der Waals surface area contributed by atoms with Crippen LogP contribution in [0.15, 0.2) is 70.5 Å². The largest absolute Gasteiger partial charge is 0.461 e. The Balaban J connectivity index is 2.07. The summed E-state index contributed by atoms with van der Waals surface area (Å²) < 4.78 is 6.68. The zero-order valence-corrected chi connectivity index (χ0v) is 17.8. The van der Waals surface area contributed by atoms with Gasteiger partial charge < -0.3 is 4.74 Å². The van der Waals surface area contributed by atoms with Crippen LogP contribution in [0.1, 0.15) is 47.5 Å². The molecule has 3 rings (SSSR count). The van der Waals surface area contributed by atoms with Crippen molar-refractivity contribution in [3.05, 3.63) is 76.8 Å². The summed E-state index contributed by atoms with van der Waals surface area (Å²) in [5.41, 5.74) is 2.12. The molecule has 0 spiro atoms. The SMILES string of the molecule is CCC/C=C(/Sc1ccc(C)cc1)C(=O)n1c(C(=O)OCC)cc2ccccc21. The lowest BCUT2D eigenvalue weighted by atomic mass is 10.2. The molecule has 0 aliphatic carbocycles. The van der Waals surface area contributed by atoms with E-state index in [-0.39, 0.29) is 18.2 Å². The van der Waals surface area contributed by atoms with E-state index in [2.05, 4.69) is 6.92 Å². The van der Waals surface area contributed by atoms with Gasteiger partial charge in [-0.2, -0.15) is 0 Å².